The quantitative estimate of drug-likeness (QED) is 0.0913. The lowest BCUT2D eigenvalue weighted by atomic mass is 9.90. The van der Waals surface area contributed by atoms with E-state index in [1.807, 2.05) is 74.5 Å². The molecule has 8 aromatic rings. The summed E-state index contributed by atoms with van der Waals surface area (Å²) in [4.78, 5) is 43.8. The zero-order valence-electron chi connectivity index (χ0n) is 41.4. The van der Waals surface area contributed by atoms with Crippen LogP contribution in [0.5, 0.6) is 0 Å². The molecule has 10 atom stereocenters. The molecule has 4 aliphatic rings. The van der Waals surface area contributed by atoms with E-state index in [1.54, 1.807) is 21.5 Å². The molecule has 4 saturated heterocycles. The fraction of sp³-hybridized carbons (Fsp3) is 0.360. The van der Waals surface area contributed by atoms with Gasteiger partial charge in [0, 0.05) is 46.8 Å². The molecule has 0 amide bonds. The molecule has 6 aromatic heterocycles. The minimum atomic E-state index is -5.08. The Kier molecular flexibility index (Phi) is 15.9. The number of rotatable bonds is 6. The highest BCUT2D eigenvalue weighted by Gasteiger charge is 2.64. The van der Waals surface area contributed by atoms with Crippen LogP contribution < -0.4 is 11.5 Å². The number of alkyl halides is 6. The molecule has 0 spiro atoms. The Hall–Kier alpha value is -6.74. The standard InChI is InChI=1S/2C23H22BrN5O4.2C2HF3O2/c2*1-11-14-4-5-29(21(14)27-10-26-11)22-18(30)23(31)9-32-17(19(23)33-22)7-12-2-3-13-8-15(24)20(25)28-16(13)6-12;2*3-2(4,5)1(6)7/h2*2-6,8,10,17-19,22,30-31H,7,9H2,1H3,(H2,25,28);2*(H,6,7)/t17-,18+,19-,22-,23+;17-,18-,19+,22+,23-;;/m10../s1. The fourth-order valence-electron chi connectivity index (χ4n) is 9.82. The molecule has 424 valence electrons. The van der Waals surface area contributed by atoms with Crippen LogP contribution in [0.1, 0.15) is 35.0 Å². The fourth-order valence-corrected chi connectivity index (χ4v) is 10.5. The Labute approximate surface area is 463 Å². The van der Waals surface area contributed by atoms with Crippen molar-refractivity contribution in [1.29, 1.82) is 0 Å². The summed E-state index contributed by atoms with van der Waals surface area (Å²) in [7, 11) is 0. The molecule has 10 N–H and O–H groups in total. The van der Waals surface area contributed by atoms with Gasteiger partial charge in [0.2, 0.25) is 0 Å². The second-order valence-electron chi connectivity index (χ2n) is 19.1. The number of halogens is 8. The highest BCUT2D eigenvalue weighted by atomic mass is 79.9. The SMILES string of the molecule is Cc1ncnc2c1ccn2[C@@H]1O[C@@H]2[C@@H](Cc3ccc4cc(Br)c(N)nc4c3)OC[C@]2(O)[C@H]1O.Cc1ncnc2c1ccn2[C@@H]1O[C@@H]2[C@H](Cc3ccc4cc(Br)c(N)nc4c3)OC[C@]2(O)[C@H]1O.O=C(O)C(F)(F)F.O=C(O)C(F)(F)F. The van der Waals surface area contributed by atoms with Crippen LogP contribution in [0.3, 0.4) is 0 Å². The Morgan fingerprint density at radius 3 is 1.35 bits per heavy atom. The van der Waals surface area contributed by atoms with Crippen molar-refractivity contribution in [2.24, 2.45) is 0 Å². The Morgan fingerprint density at radius 1 is 0.637 bits per heavy atom. The van der Waals surface area contributed by atoms with Crippen molar-refractivity contribution in [1.82, 2.24) is 39.0 Å². The summed E-state index contributed by atoms with van der Waals surface area (Å²) >= 11 is 6.81. The molecular formula is C50H46Br2F6N10O12. The summed E-state index contributed by atoms with van der Waals surface area (Å²) in [6.07, 6.45) is -8.78. The molecule has 0 bridgehead atoms. The number of aromatic nitrogens is 8. The van der Waals surface area contributed by atoms with Crippen molar-refractivity contribution in [3.8, 4) is 0 Å². The van der Waals surface area contributed by atoms with E-state index < -0.39 is 84.6 Å². The molecule has 0 radical (unpaired) electrons. The van der Waals surface area contributed by atoms with E-state index >= 15 is 0 Å². The topological polar surface area (TPSA) is 332 Å². The highest BCUT2D eigenvalue weighted by molar-refractivity contribution is 9.11. The van der Waals surface area contributed by atoms with Gasteiger partial charge in [-0.15, -0.1) is 0 Å². The smallest absolute Gasteiger partial charge is 0.475 e. The van der Waals surface area contributed by atoms with Gasteiger partial charge in [-0.25, -0.2) is 39.5 Å². The number of aliphatic hydroxyl groups excluding tert-OH is 2. The largest absolute Gasteiger partial charge is 0.490 e. The van der Waals surface area contributed by atoms with Gasteiger partial charge < -0.3 is 70.2 Å². The number of benzene rings is 2. The summed E-state index contributed by atoms with van der Waals surface area (Å²) < 4.78 is 92.8. The molecule has 22 nitrogen and oxygen atoms in total. The first-order chi connectivity index (χ1) is 37.6. The number of aliphatic carboxylic acids is 2. The second kappa shape index (κ2) is 22.0. The Morgan fingerprint density at radius 2 is 1.00 bits per heavy atom. The number of hydrogen-bond donors (Lipinski definition) is 8. The molecule has 0 aliphatic carbocycles. The number of nitrogen functional groups attached to an aromatic ring is 2. The van der Waals surface area contributed by atoms with Crippen LogP contribution in [0.25, 0.3) is 43.9 Å². The molecule has 30 heteroatoms. The van der Waals surface area contributed by atoms with Crippen molar-refractivity contribution < 1.29 is 85.5 Å². The first kappa shape index (κ1) is 57.9. The highest BCUT2D eigenvalue weighted by Crippen LogP contribution is 2.47. The van der Waals surface area contributed by atoms with Crippen LogP contribution in [0, 0.1) is 13.8 Å². The van der Waals surface area contributed by atoms with Crippen molar-refractivity contribution >= 4 is 99.3 Å². The predicted molar refractivity (Wildman–Crippen MR) is 276 cm³/mol. The van der Waals surface area contributed by atoms with Gasteiger partial charge in [0.1, 0.15) is 71.2 Å². The van der Waals surface area contributed by atoms with Crippen molar-refractivity contribution in [2.75, 3.05) is 24.7 Å². The van der Waals surface area contributed by atoms with Gasteiger partial charge in [-0.1, -0.05) is 24.3 Å². The minimum absolute atomic E-state index is 0.0149. The van der Waals surface area contributed by atoms with Gasteiger partial charge in [-0.05, 0) is 93.2 Å². The molecular weight excluding hydrogens is 1210 g/mol. The lowest BCUT2D eigenvalue weighted by Crippen LogP contribution is -2.48. The molecule has 2 aromatic carbocycles. The van der Waals surface area contributed by atoms with Gasteiger partial charge in [0.15, 0.2) is 12.5 Å². The third-order valence-corrected chi connectivity index (χ3v) is 15.2. The van der Waals surface area contributed by atoms with Gasteiger partial charge >= 0.3 is 24.3 Å². The van der Waals surface area contributed by atoms with Gasteiger partial charge in [-0.3, -0.25) is 0 Å². The van der Waals surface area contributed by atoms with E-state index in [0.29, 0.717) is 35.8 Å². The van der Waals surface area contributed by atoms with E-state index in [-0.39, 0.29) is 13.2 Å². The summed E-state index contributed by atoms with van der Waals surface area (Å²) in [5.41, 5.74) is 15.3. The Bertz CT molecular complexity index is 3440. The maximum atomic E-state index is 11.3. The third-order valence-electron chi connectivity index (χ3n) is 13.9. The van der Waals surface area contributed by atoms with Crippen LogP contribution in [0.4, 0.5) is 38.0 Å². The van der Waals surface area contributed by atoms with E-state index in [0.717, 1.165) is 64.0 Å². The first-order valence-corrected chi connectivity index (χ1v) is 25.4. The van der Waals surface area contributed by atoms with Crippen LogP contribution >= 0.6 is 31.9 Å². The van der Waals surface area contributed by atoms with Crippen LogP contribution in [-0.2, 0) is 41.4 Å². The number of ether oxygens (including phenoxy) is 4. The number of aryl methyl sites for hydroxylation is 2. The van der Waals surface area contributed by atoms with E-state index in [2.05, 4.69) is 61.8 Å². The number of carboxylic acid groups (broad SMARTS) is 2. The van der Waals surface area contributed by atoms with Gasteiger partial charge in [0.25, 0.3) is 0 Å². The molecule has 12 rings (SSSR count). The first-order valence-electron chi connectivity index (χ1n) is 23.8. The maximum absolute atomic E-state index is 11.3. The van der Waals surface area contributed by atoms with Crippen molar-refractivity contribution in [3.63, 3.8) is 0 Å². The van der Waals surface area contributed by atoms with Crippen LogP contribution in [-0.4, -0.2) is 155 Å². The van der Waals surface area contributed by atoms with Crippen LogP contribution in [0.15, 0.2) is 94.7 Å². The lowest BCUT2D eigenvalue weighted by Gasteiger charge is -2.24. The number of nitrogens with zero attached hydrogens (tertiary/aromatic N) is 8. The number of fused-ring (bicyclic) bond motifs is 6. The maximum Gasteiger partial charge on any atom is 0.490 e. The summed E-state index contributed by atoms with van der Waals surface area (Å²) in [6.45, 7) is 3.77. The lowest BCUT2D eigenvalue weighted by molar-refractivity contribution is -0.193. The normalized spacial score (nSPS) is 26.1. The van der Waals surface area contributed by atoms with Gasteiger partial charge in [-0.2, -0.15) is 26.3 Å². The van der Waals surface area contributed by atoms with E-state index in [1.165, 1.54) is 12.7 Å². The predicted octanol–water partition coefficient (Wildman–Crippen LogP) is 5.79. The number of aliphatic hydroxyl groups is 4. The number of carboxylic acids is 2. The van der Waals surface area contributed by atoms with E-state index in [4.69, 9.17) is 50.2 Å². The zero-order valence-corrected chi connectivity index (χ0v) is 44.6. The minimum Gasteiger partial charge on any atom is -0.475 e. The number of pyridine rings is 2. The molecule has 4 fully saturated rings. The van der Waals surface area contributed by atoms with Crippen molar-refractivity contribution in [3.05, 3.63) is 117 Å². The molecule has 0 saturated carbocycles. The number of anilines is 2. The molecule has 80 heavy (non-hydrogen) atoms. The second-order valence-corrected chi connectivity index (χ2v) is 20.8. The third kappa shape index (κ3) is 11.2. The number of carbonyl (C=O) groups is 2. The summed E-state index contributed by atoms with van der Waals surface area (Å²) in [5, 5.41) is 62.6. The number of nitrogens with two attached hydrogens (primary N) is 2. The summed E-state index contributed by atoms with van der Waals surface area (Å²) in [6, 6.07) is 19.5. The monoisotopic (exact) mass is 1250 g/mol. The Balaban J connectivity index is 0.000000157. The molecule has 4 aliphatic heterocycles. The number of hydrogen-bond acceptors (Lipinski definition) is 18. The van der Waals surface area contributed by atoms with Gasteiger partial charge in [0.05, 0.1) is 56.8 Å². The van der Waals surface area contributed by atoms with Crippen LogP contribution in [0.2, 0.25) is 0 Å². The van der Waals surface area contributed by atoms with Crippen molar-refractivity contribution in [2.45, 2.75) is 99.3 Å². The zero-order chi connectivity index (χ0) is 58.0. The average Bonchev–Trinajstić information content (AvgIpc) is 4.27. The molecule has 10 heterocycles. The van der Waals surface area contributed by atoms with E-state index in [9.17, 15) is 46.8 Å². The molecule has 0 unspecified atom stereocenters. The summed E-state index contributed by atoms with van der Waals surface area (Å²) in [5.74, 6) is -4.66. The average molecular weight is 1250 g/mol.